The van der Waals surface area contributed by atoms with Crippen LogP contribution in [0.2, 0.25) is 0 Å². The van der Waals surface area contributed by atoms with Gasteiger partial charge in [0.05, 0.1) is 13.1 Å². The number of amides is 2. The van der Waals surface area contributed by atoms with E-state index in [9.17, 15) is 9.59 Å². The minimum Gasteiger partial charge on any atom is -0.480 e. The normalized spacial score (nSPS) is 16.9. The van der Waals surface area contributed by atoms with Crippen molar-refractivity contribution in [2.24, 2.45) is 0 Å². The summed E-state index contributed by atoms with van der Waals surface area (Å²) in [7, 11) is 0. The van der Waals surface area contributed by atoms with Crippen LogP contribution in [0, 0.1) is 0 Å². The third-order valence-corrected chi connectivity index (χ3v) is 3.30. The van der Waals surface area contributed by atoms with Crippen molar-refractivity contribution in [2.45, 2.75) is 39.2 Å². The Morgan fingerprint density at radius 1 is 1.37 bits per heavy atom. The van der Waals surface area contributed by atoms with E-state index in [2.05, 4.69) is 6.92 Å². The maximum Gasteiger partial charge on any atom is 0.329 e. The average molecular weight is 272 g/mol. The van der Waals surface area contributed by atoms with E-state index in [1.807, 2.05) is 18.7 Å². The summed E-state index contributed by atoms with van der Waals surface area (Å²) in [5, 5.41) is 8.58. The number of carbonyl (C=O) groups is 2. The maximum atomic E-state index is 12.2. The summed E-state index contributed by atoms with van der Waals surface area (Å²) in [5.41, 5.74) is -0.516. The Kier molecular flexibility index (Phi) is 5.60. The highest BCUT2D eigenvalue weighted by Gasteiger charge is 2.43. The van der Waals surface area contributed by atoms with E-state index in [4.69, 9.17) is 9.84 Å². The number of carboxylic acids is 1. The van der Waals surface area contributed by atoms with Crippen molar-refractivity contribution < 1.29 is 19.4 Å². The molecule has 0 spiro atoms. The second-order valence-corrected chi connectivity index (χ2v) is 5.20. The molecule has 2 amide bonds. The SMILES string of the molecule is CCCCN(CC)C(=O)N1CC(C)(OCC(=O)O)C1. The number of hydrogen-bond donors (Lipinski definition) is 1. The summed E-state index contributed by atoms with van der Waals surface area (Å²) in [6, 6.07) is 0.0207. The van der Waals surface area contributed by atoms with E-state index in [0.29, 0.717) is 19.6 Å². The Balaban J connectivity index is 2.39. The van der Waals surface area contributed by atoms with Crippen molar-refractivity contribution >= 4 is 12.0 Å². The molecule has 19 heavy (non-hydrogen) atoms. The molecule has 0 radical (unpaired) electrons. The largest absolute Gasteiger partial charge is 0.480 e. The van der Waals surface area contributed by atoms with Crippen LogP contribution < -0.4 is 0 Å². The van der Waals surface area contributed by atoms with Gasteiger partial charge in [-0.3, -0.25) is 0 Å². The zero-order valence-corrected chi connectivity index (χ0v) is 12.0. The number of rotatable bonds is 7. The lowest BCUT2D eigenvalue weighted by Crippen LogP contribution is -2.65. The maximum absolute atomic E-state index is 12.2. The van der Waals surface area contributed by atoms with Crippen molar-refractivity contribution in [1.29, 1.82) is 0 Å². The Morgan fingerprint density at radius 3 is 2.47 bits per heavy atom. The van der Waals surface area contributed by atoms with Gasteiger partial charge in [0.2, 0.25) is 0 Å². The number of urea groups is 1. The van der Waals surface area contributed by atoms with Crippen LogP contribution in [0.15, 0.2) is 0 Å². The fraction of sp³-hybridized carbons (Fsp3) is 0.846. The van der Waals surface area contributed by atoms with E-state index in [-0.39, 0.29) is 12.6 Å². The molecule has 0 aromatic heterocycles. The minimum absolute atomic E-state index is 0.0207. The molecular formula is C13H24N2O4. The minimum atomic E-state index is -0.982. The Morgan fingerprint density at radius 2 is 2.00 bits per heavy atom. The second-order valence-electron chi connectivity index (χ2n) is 5.20. The highest BCUT2D eigenvalue weighted by atomic mass is 16.5. The van der Waals surface area contributed by atoms with Crippen LogP contribution in [0.4, 0.5) is 4.79 Å². The molecule has 0 bridgehead atoms. The first-order valence-electron chi connectivity index (χ1n) is 6.81. The Bertz CT molecular complexity index is 327. The summed E-state index contributed by atoms with van der Waals surface area (Å²) in [6.07, 6.45) is 2.06. The fourth-order valence-corrected chi connectivity index (χ4v) is 2.16. The van der Waals surface area contributed by atoms with Gasteiger partial charge in [0.15, 0.2) is 0 Å². The summed E-state index contributed by atoms with van der Waals surface area (Å²) in [6.45, 7) is 7.97. The molecule has 0 atom stereocenters. The second kappa shape index (κ2) is 6.75. The predicted molar refractivity (Wildman–Crippen MR) is 71.1 cm³/mol. The molecule has 6 heteroatoms. The fourth-order valence-electron chi connectivity index (χ4n) is 2.16. The lowest BCUT2D eigenvalue weighted by Gasteiger charge is -2.48. The van der Waals surface area contributed by atoms with Gasteiger partial charge in [-0.25, -0.2) is 9.59 Å². The molecule has 1 rings (SSSR count). The van der Waals surface area contributed by atoms with Crippen molar-refractivity contribution in [3.05, 3.63) is 0 Å². The number of aliphatic carboxylic acids is 1. The van der Waals surface area contributed by atoms with Gasteiger partial charge in [-0.05, 0) is 20.3 Å². The lowest BCUT2D eigenvalue weighted by molar-refractivity contribution is -0.160. The van der Waals surface area contributed by atoms with Gasteiger partial charge in [-0.1, -0.05) is 13.3 Å². The molecule has 0 aromatic carbocycles. The molecule has 1 fully saturated rings. The number of ether oxygens (including phenoxy) is 1. The Labute approximate surface area is 114 Å². The van der Waals surface area contributed by atoms with Crippen LogP contribution in [0.25, 0.3) is 0 Å². The highest BCUT2D eigenvalue weighted by molar-refractivity contribution is 5.75. The van der Waals surface area contributed by atoms with Gasteiger partial charge >= 0.3 is 12.0 Å². The van der Waals surface area contributed by atoms with E-state index < -0.39 is 11.6 Å². The van der Waals surface area contributed by atoms with Crippen LogP contribution >= 0.6 is 0 Å². The van der Waals surface area contributed by atoms with Crippen LogP contribution in [0.1, 0.15) is 33.6 Å². The van der Waals surface area contributed by atoms with Gasteiger partial charge in [0.25, 0.3) is 0 Å². The van der Waals surface area contributed by atoms with E-state index >= 15 is 0 Å². The zero-order valence-electron chi connectivity index (χ0n) is 12.0. The first-order chi connectivity index (χ1) is 8.91. The van der Waals surface area contributed by atoms with Gasteiger partial charge in [0, 0.05) is 13.1 Å². The summed E-state index contributed by atoms with van der Waals surface area (Å²) >= 11 is 0. The van der Waals surface area contributed by atoms with E-state index in [1.165, 1.54) is 0 Å². The molecule has 0 aromatic rings. The van der Waals surface area contributed by atoms with Crippen LogP contribution in [0.5, 0.6) is 0 Å². The van der Waals surface area contributed by atoms with Crippen molar-refractivity contribution in [1.82, 2.24) is 9.80 Å². The topological polar surface area (TPSA) is 70.1 Å². The first-order valence-corrected chi connectivity index (χ1v) is 6.81. The molecule has 0 unspecified atom stereocenters. The number of unbranched alkanes of at least 4 members (excludes halogenated alkanes) is 1. The quantitative estimate of drug-likeness (QED) is 0.760. The van der Waals surface area contributed by atoms with E-state index in [0.717, 1.165) is 19.4 Å². The monoisotopic (exact) mass is 272 g/mol. The van der Waals surface area contributed by atoms with Crippen molar-refractivity contribution in [3.63, 3.8) is 0 Å². The number of carboxylic acid groups (broad SMARTS) is 1. The highest BCUT2D eigenvalue weighted by Crippen LogP contribution is 2.25. The molecule has 1 aliphatic rings. The molecule has 6 nitrogen and oxygen atoms in total. The van der Waals surface area contributed by atoms with Gasteiger partial charge < -0.3 is 19.6 Å². The number of nitrogens with zero attached hydrogens (tertiary/aromatic N) is 2. The average Bonchev–Trinajstić information content (AvgIpc) is 2.33. The number of likely N-dealkylation sites (tertiary alicyclic amines) is 1. The van der Waals surface area contributed by atoms with Crippen molar-refractivity contribution in [2.75, 3.05) is 32.8 Å². The molecule has 1 aliphatic heterocycles. The zero-order chi connectivity index (χ0) is 14.5. The molecule has 110 valence electrons. The molecular weight excluding hydrogens is 248 g/mol. The standard InChI is InChI=1S/C13H24N2O4/c1-4-6-7-14(5-2)12(18)15-9-13(3,10-15)19-8-11(16)17/h4-10H2,1-3H3,(H,16,17). The lowest BCUT2D eigenvalue weighted by atomic mass is 9.97. The van der Waals surface area contributed by atoms with Gasteiger partial charge in [-0.15, -0.1) is 0 Å². The first kappa shape index (κ1) is 15.8. The summed E-state index contributed by atoms with van der Waals surface area (Å²) < 4.78 is 5.29. The summed E-state index contributed by atoms with van der Waals surface area (Å²) in [5.74, 6) is -0.982. The van der Waals surface area contributed by atoms with Crippen LogP contribution in [0.3, 0.4) is 0 Å². The van der Waals surface area contributed by atoms with Gasteiger partial charge in [-0.2, -0.15) is 0 Å². The predicted octanol–water partition coefficient (Wildman–Crippen LogP) is 1.40. The summed E-state index contributed by atoms with van der Waals surface area (Å²) in [4.78, 5) is 26.2. The number of carbonyl (C=O) groups excluding carboxylic acids is 1. The third kappa shape index (κ3) is 4.38. The smallest absolute Gasteiger partial charge is 0.329 e. The van der Waals surface area contributed by atoms with E-state index in [1.54, 1.807) is 4.90 Å². The molecule has 1 saturated heterocycles. The third-order valence-electron chi connectivity index (χ3n) is 3.30. The van der Waals surface area contributed by atoms with Crippen LogP contribution in [-0.4, -0.2) is 65.3 Å². The molecule has 0 saturated carbocycles. The van der Waals surface area contributed by atoms with Crippen molar-refractivity contribution in [3.8, 4) is 0 Å². The molecule has 1 N–H and O–H groups in total. The molecule has 1 heterocycles. The molecule has 0 aliphatic carbocycles. The van der Waals surface area contributed by atoms with Gasteiger partial charge in [0.1, 0.15) is 12.2 Å². The van der Waals surface area contributed by atoms with Crippen LogP contribution in [-0.2, 0) is 9.53 Å². The Hall–Kier alpha value is -1.30. The number of hydrogen-bond acceptors (Lipinski definition) is 3.